The fourth-order valence-corrected chi connectivity index (χ4v) is 5.99. The first-order valence-corrected chi connectivity index (χ1v) is 11.7. The number of aromatic amines is 1. The monoisotopic (exact) mass is 426 g/mol. The molecule has 1 amide bonds. The lowest BCUT2D eigenvalue weighted by Crippen LogP contribution is -2.43. The van der Waals surface area contributed by atoms with Gasteiger partial charge in [-0.05, 0) is 70.4 Å². The minimum atomic E-state index is -0.436. The Kier molecular flexibility index (Phi) is 5.12. The number of imidazole rings is 1. The summed E-state index contributed by atoms with van der Waals surface area (Å²) in [5, 5.41) is 0. The Morgan fingerprint density at radius 2 is 1.68 bits per heavy atom. The Morgan fingerprint density at radius 3 is 2.32 bits per heavy atom. The predicted octanol–water partition coefficient (Wildman–Crippen LogP) is 3.61. The van der Waals surface area contributed by atoms with Gasteiger partial charge in [0, 0.05) is 38.3 Å². The fourth-order valence-electron chi connectivity index (χ4n) is 5.99. The number of aromatic nitrogens is 2. The zero-order valence-electron chi connectivity index (χ0n) is 18.8. The van der Waals surface area contributed by atoms with Crippen molar-refractivity contribution in [1.82, 2.24) is 19.4 Å². The predicted molar refractivity (Wildman–Crippen MR) is 120 cm³/mol. The molecular weight excluding hydrogens is 392 g/mol. The molecule has 1 saturated carbocycles. The number of fused-ring (bicyclic) bond motifs is 2. The highest BCUT2D eigenvalue weighted by Gasteiger charge is 2.45. The van der Waals surface area contributed by atoms with Crippen molar-refractivity contribution in [2.75, 3.05) is 26.2 Å². The number of nitrogens with one attached hydrogen (secondary N) is 1. The van der Waals surface area contributed by atoms with Gasteiger partial charge in [0.15, 0.2) is 0 Å². The smallest absolute Gasteiger partial charge is 0.410 e. The van der Waals surface area contributed by atoms with Crippen molar-refractivity contribution < 1.29 is 9.53 Å². The number of likely N-dealkylation sites (tertiary alicyclic amines) is 2. The van der Waals surface area contributed by atoms with E-state index < -0.39 is 5.60 Å². The number of benzene rings is 1. The van der Waals surface area contributed by atoms with Crippen molar-refractivity contribution in [2.45, 2.75) is 64.1 Å². The molecule has 1 aliphatic carbocycles. The number of carbonyl (C=O) groups excluding carboxylic acids is 1. The molecule has 5 rings (SSSR count). The summed E-state index contributed by atoms with van der Waals surface area (Å²) in [7, 11) is 0. The zero-order chi connectivity index (χ0) is 21.8. The van der Waals surface area contributed by atoms with Gasteiger partial charge >= 0.3 is 11.8 Å². The SMILES string of the molecule is CC(C)(C)OC(=O)N1CC2CC(N3CCC(n4c(=O)[nH]c5ccccc54)CC3)CC2C1. The van der Waals surface area contributed by atoms with Gasteiger partial charge in [-0.2, -0.15) is 0 Å². The molecule has 2 saturated heterocycles. The molecule has 3 fully saturated rings. The van der Waals surface area contributed by atoms with Crippen LogP contribution in [0.3, 0.4) is 0 Å². The van der Waals surface area contributed by atoms with Crippen molar-refractivity contribution in [2.24, 2.45) is 11.8 Å². The molecule has 0 radical (unpaired) electrons. The number of nitrogens with zero attached hydrogens (tertiary/aromatic N) is 3. The summed E-state index contributed by atoms with van der Waals surface area (Å²) in [6.45, 7) is 9.50. The summed E-state index contributed by atoms with van der Waals surface area (Å²) in [5.74, 6) is 1.18. The van der Waals surface area contributed by atoms with Crippen LogP contribution in [0.4, 0.5) is 4.79 Å². The van der Waals surface area contributed by atoms with Crippen LogP contribution in [0.1, 0.15) is 52.5 Å². The lowest BCUT2D eigenvalue weighted by Gasteiger charge is -2.37. The van der Waals surface area contributed by atoms with Crippen LogP contribution in [0.15, 0.2) is 29.1 Å². The van der Waals surface area contributed by atoms with E-state index in [1.807, 2.05) is 54.5 Å². The Labute approximate surface area is 183 Å². The van der Waals surface area contributed by atoms with Crippen molar-refractivity contribution in [3.8, 4) is 0 Å². The number of para-hydroxylation sites is 2. The number of carbonyl (C=O) groups is 1. The van der Waals surface area contributed by atoms with Crippen LogP contribution in [0.5, 0.6) is 0 Å². The summed E-state index contributed by atoms with van der Waals surface area (Å²) in [4.78, 5) is 32.5. The van der Waals surface area contributed by atoms with Crippen molar-refractivity contribution in [3.63, 3.8) is 0 Å². The second kappa shape index (κ2) is 7.69. The van der Waals surface area contributed by atoms with Gasteiger partial charge in [0.05, 0.1) is 11.0 Å². The number of piperidine rings is 1. The van der Waals surface area contributed by atoms with E-state index >= 15 is 0 Å². The van der Waals surface area contributed by atoms with Crippen LogP contribution in [-0.2, 0) is 4.74 Å². The Bertz CT molecular complexity index is 998. The van der Waals surface area contributed by atoms with E-state index in [1.54, 1.807) is 0 Å². The summed E-state index contributed by atoms with van der Waals surface area (Å²) in [5.41, 5.74) is 1.52. The topological polar surface area (TPSA) is 70.6 Å². The lowest BCUT2D eigenvalue weighted by molar-refractivity contribution is 0.0271. The van der Waals surface area contributed by atoms with Gasteiger partial charge < -0.3 is 19.5 Å². The van der Waals surface area contributed by atoms with Crippen LogP contribution >= 0.6 is 0 Å². The summed E-state index contributed by atoms with van der Waals surface area (Å²) < 4.78 is 7.53. The van der Waals surface area contributed by atoms with E-state index in [9.17, 15) is 9.59 Å². The van der Waals surface area contributed by atoms with E-state index in [2.05, 4.69) is 9.88 Å². The van der Waals surface area contributed by atoms with Crippen LogP contribution < -0.4 is 5.69 Å². The molecule has 1 aromatic carbocycles. The van der Waals surface area contributed by atoms with E-state index in [0.717, 1.165) is 50.1 Å². The quantitative estimate of drug-likeness (QED) is 0.796. The molecule has 0 bridgehead atoms. The number of amides is 1. The number of H-pyrrole nitrogens is 1. The van der Waals surface area contributed by atoms with Crippen LogP contribution in [0, 0.1) is 11.8 Å². The van der Waals surface area contributed by atoms with Gasteiger partial charge in [0.25, 0.3) is 0 Å². The maximum absolute atomic E-state index is 12.5. The number of hydrogen-bond donors (Lipinski definition) is 1. The average molecular weight is 427 g/mol. The minimum Gasteiger partial charge on any atom is -0.444 e. The molecule has 3 heterocycles. The maximum atomic E-state index is 12.5. The largest absolute Gasteiger partial charge is 0.444 e. The molecule has 1 aromatic heterocycles. The zero-order valence-corrected chi connectivity index (χ0v) is 18.8. The van der Waals surface area contributed by atoms with Gasteiger partial charge in [0.2, 0.25) is 0 Å². The van der Waals surface area contributed by atoms with Gasteiger partial charge in [-0.3, -0.25) is 4.57 Å². The van der Waals surface area contributed by atoms with Crippen molar-refractivity contribution >= 4 is 17.1 Å². The molecular formula is C24H34N4O3. The first-order chi connectivity index (χ1) is 14.8. The molecule has 0 spiro atoms. The number of rotatable bonds is 2. The van der Waals surface area contributed by atoms with Gasteiger partial charge in [-0.15, -0.1) is 0 Å². The third-order valence-corrected chi connectivity index (χ3v) is 7.38. The fraction of sp³-hybridized carbons (Fsp3) is 0.667. The van der Waals surface area contributed by atoms with E-state index in [4.69, 9.17) is 4.74 Å². The number of ether oxygens (including phenoxy) is 1. The third kappa shape index (κ3) is 4.00. The minimum absolute atomic E-state index is 0.0114. The average Bonchev–Trinajstić information content (AvgIpc) is 3.37. The number of hydrogen-bond acceptors (Lipinski definition) is 4. The van der Waals surface area contributed by atoms with Crippen LogP contribution in [0.25, 0.3) is 11.0 Å². The van der Waals surface area contributed by atoms with Gasteiger partial charge in [-0.25, -0.2) is 9.59 Å². The molecule has 168 valence electrons. The molecule has 7 nitrogen and oxygen atoms in total. The Hall–Kier alpha value is -2.28. The van der Waals surface area contributed by atoms with Gasteiger partial charge in [-0.1, -0.05) is 12.1 Å². The highest BCUT2D eigenvalue weighted by atomic mass is 16.6. The molecule has 2 aliphatic heterocycles. The Morgan fingerprint density at radius 1 is 1.03 bits per heavy atom. The van der Waals surface area contributed by atoms with Crippen molar-refractivity contribution in [3.05, 3.63) is 34.7 Å². The molecule has 2 aromatic rings. The molecule has 1 N–H and O–H groups in total. The highest BCUT2D eigenvalue weighted by Crippen LogP contribution is 2.41. The second-order valence-electron chi connectivity index (χ2n) is 10.6. The van der Waals surface area contributed by atoms with Crippen LogP contribution in [0.2, 0.25) is 0 Å². The summed E-state index contributed by atoms with van der Waals surface area (Å²) in [6.07, 6.45) is 4.20. The molecule has 3 aliphatic rings. The van der Waals surface area contributed by atoms with E-state index in [-0.39, 0.29) is 17.8 Å². The molecule has 7 heteroatoms. The third-order valence-electron chi connectivity index (χ3n) is 7.38. The standard InChI is InChI=1S/C24H34N4O3/c1-24(2,3)31-23(30)27-14-16-12-19(13-17(16)15-27)26-10-8-18(9-11-26)28-21-7-5-4-6-20(21)25-22(28)29/h4-7,16-19H,8-15H2,1-3H3,(H,25,29). The lowest BCUT2D eigenvalue weighted by atomic mass is 10.0. The molecule has 31 heavy (non-hydrogen) atoms. The highest BCUT2D eigenvalue weighted by molar-refractivity contribution is 5.75. The molecule has 2 atom stereocenters. The normalized spacial score (nSPS) is 27.7. The maximum Gasteiger partial charge on any atom is 0.410 e. The first kappa shape index (κ1) is 20.6. The summed E-state index contributed by atoms with van der Waals surface area (Å²) >= 11 is 0. The van der Waals surface area contributed by atoms with Crippen LogP contribution in [-0.4, -0.2) is 63.3 Å². The van der Waals surface area contributed by atoms with Gasteiger partial charge in [0.1, 0.15) is 5.60 Å². The van der Waals surface area contributed by atoms with Crippen molar-refractivity contribution in [1.29, 1.82) is 0 Å². The van der Waals surface area contributed by atoms with E-state index in [0.29, 0.717) is 17.9 Å². The van der Waals surface area contributed by atoms with E-state index in [1.165, 1.54) is 12.8 Å². The summed E-state index contributed by atoms with van der Waals surface area (Å²) in [6, 6.07) is 8.85. The first-order valence-electron chi connectivity index (χ1n) is 11.7. The Balaban J connectivity index is 1.17. The molecule has 2 unspecified atom stereocenters. The second-order valence-corrected chi connectivity index (χ2v) is 10.6.